The molecule has 0 aliphatic heterocycles. The van der Waals surface area contributed by atoms with Gasteiger partial charge in [0.25, 0.3) is 5.91 Å². The molecule has 0 aliphatic rings. The Kier molecular flexibility index (Phi) is 5.41. The molecule has 3 rings (SSSR count). The van der Waals surface area contributed by atoms with E-state index in [1.54, 1.807) is 37.0 Å². The van der Waals surface area contributed by atoms with Gasteiger partial charge >= 0.3 is 0 Å². The van der Waals surface area contributed by atoms with Crippen LogP contribution in [0.1, 0.15) is 21.8 Å². The Labute approximate surface area is 146 Å². The Balaban J connectivity index is 1.53. The summed E-state index contributed by atoms with van der Waals surface area (Å²) in [6.07, 6.45) is 7.81. The SMILES string of the molecule is CN(CCc1ccncc1)c1ccc(C(=O)NCc2ccco2)nc1. The van der Waals surface area contributed by atoms with Crippen LogP contribution in [0.3, 0.4) is 0 Å². The van der Waals surface area contributed by atoms with Gasteiger partial charge in [-0.25, -0.2) is 4.98 Å². The van der Waals surface area contributed by atoms with Gasteiger partial charge < -0.3 is 14.6 Å². The lowest BCUT2D eigenvalue weighted by atomic mass is 10.2. The molecule has 0 unspecified atom stereocenters. The molecule has 3 aromatic heterocycles. The summed E-state index contributed by atoms with van der Waals surface area (Å²) in [4.78, 5) is 22.5. The third kappa shape index (κ3) is 4.67. The minimum atomic E-state index is -0.220. The summed E-state index contributed by atoms with van der Waals surface area (Å²) in [5.74, 6) is 0.489. The standard InChI is InChI=1S/C19H20N4O2/c1-23(11-8-15-6-9-20-10-7-15)16-4-5-18(21-13-16)19(24)22-14-17-3-2-12-25-17/h2-7,9-10,12-13H,8,11,14H2,1H3,(H,22,24). The molecule has 25 heavy (non-hydrogen) atoms. The van der Waals surface area contributed by atoms with Crippen LogP contribution in [-0.4, -0.2) is 29.5 Å². The Morgan fingerprint density at radius 2 is 2.04 bits per heavy atom. The molecule has 6 heteroatoms. The Hall–Kier alpha value is -3.15. The molecular weight excluding hydrogens is 316 g/mol. The maximum atomic E-state index is 12.1. The van der Waals surface area contributed by atoms with E-state index < -0.39 is 0 Å². The molecule has 1 amide bonds. The van der Waals surface area contributed by atoms with E-state index in [4.69, 9.17) is 4.42 Å². The van der Waals surface area contributed by atoms with Crippen molar-refractivity contribution >= 4 is 11.6 Å². The van der Waals surface area contributed by atoms with E-state index in [2.05, 4.69) is 20.2 Å². The van der Waals surface area contributed by atoms with Crippen molar-refractivity contribution in [2.75, 3.05) is 18.5 Å². The molecule has 0 atom stereocenters. The van der Waals surface area contributed by atoms with Crippen molar-refractivity contribution in [2.45, 2.75) is 13.0 Å². The fraction of sp³-hybridized carbons (Fsp3) is 0.211. The fourth-order valence-electron chi connectivity index (χ4n) is 2.39. The lowest BCUT2D eigenvalue weighted by Crippen LogP contribution is -2.24. The second-order valence-corrected chi connectivity index (χ2v) is 5.69. The molecule has 1 N–H and O–H groups in total. The molecule has 0 bridgehead atoms. The highest BCUT2D eigenvalue weighted by Crippen LogP contribution is 2.12. The van der Waals surface area contributed by atoms with Gasteiger partial charge in [0.15, 0.2) is 0 Å². The molecule has 0 aliphatic carbocycles. The van der Waals surface area contributed by atoms with E-state index in [1.165, 1.54) is 5.56 Å². The van der Waals surface area contributed by atoms with Gasteiger partial charge in [-0.15, -0.1) is 0 Å². The van der Waals surface area contributed by atoms with Crippen LogP contribution >= 0.6 is 0 Å². The number of furan rings is 1. The van der Waals surface area contributed by atoms with Crippen LogP contribution in [0.15, 0.2) is 65.7 Å². The Morgan fingerprint density at radius 1 is 1.20 bits per heavy atom. The number of carbonyl (C=O) groups excluding carboxylic acids is 1. The number of hydrogen-bond acceptors (Lipinski definition) is 5. The molecule has 0 saturated carbocycles. The highest BCUT2D eigenvalue weighted by molar-refractivity contribution is 5.92. The van der Waals surface area contributed by atoms with E-state index >= 15 is 0 Å². The predicted octanol–water partition coefficient (Wildman–Crippen LogP) is 2.68. The first-order chi connectivity index (χ1) is 12.2. The minimum Gasteiger partial charge on any atom is -0.467 e. The topological polar surface area (TPSA) is 71.3 Å². The molecule has 3 aromatic rings. The summed E-state index contributed by atoms with van der Waals surface area (Å²) >= 11 is 0. The molecule has 0 aromatic carbocycles. The van der Waals surface area contributed by atoms with E-state index in [1.807, 2.05) is 31.3 Å². The zero-order valence-corrected chi connectivity index (χ0v) is 14.1. The summed E-state index contributed by atoms with van der Waals surface area (Å²) in [6.45, 7) is 1.21. The number of anilines is 1. The molecule has 0 spiro atoms. The van der Waals surface area contributed by atoms with Gasteiger partial charge in [-0.05, 0) is 48.4 Å². The maximum absolute atomic E-state index is 12.1. The summed E-state index contributed by atoms with van der Waals surface area (Å²) in [7, 11) is 2.01. The largest absolute Gasteiger partial charge is 0.467 e. The van der Waals surface area contributed by atoms with Crippen LogP contribution in [0.25, 0.3) is 0 Å². The fourth-order valence-corrected chi connectivity index (χ4v) is 2.39. The highest BCUT2D eigenvalue weighted by Gasteiger charge is 2.09. The van der Waals surface area contributed by atoms with Crippen molar-refractivity contribution in [3.8, 4) is 0 Å². The van der Waals surface area contributed by atoms with Crippen molar-refractivity contribution in [3.05, 3.63) is 78.3 Å². The van der Waals surface area contributed by atoms with E-state index in [0.717, 1.165) is 18.7 Å². The zero-order chi connectivity index (χ0) is 17.5. The van der Waals surface area contributed by atoms with Gasteiger partial charge in [-0.1, -0.05) is 0 Å². The number of rotatable bonds is 7. The van der Waals surface area contributed by atoms with Crippen LogP contribution < -0.4 is 10.2 Å². The van der Waals surface area contributed by atoms with Crippen molar-refractivity contribution in [1.82, 2.24) is 15.3 Å². The monoisotopic (exact) mass is 336 g/mol. The van der Waals surface area contributed by atoms with Gasteiger partial charge in [-0.3, -0.25) is 9.78 Å². The number of likely N-dealkylation sites (N-methyl/N-ethyl adjacent to an activating group) is 1. The minimum absolute atomic E-state index is 0.220. The Bertz CT molecular complexity index is 786. The first-order valence-corrected chi connectivity index (χ1v) is 8.09. The average Bonchev–Trinajstić information content (AvgIpc) is 3.19. The summed E-state index contributed by atoms with van der Waals surface area (Å²) < 4.78 is 5.19. The van der Waals surface area contributed by atoms with Gasteiger partial charge in [-0.2, -0.15) is 0 Å². The summed E-state index contributed by atoms with van der Waals surface area (Å²) in [5.41, 5.74) is 2.60. The number of aromatic nitrogens is 2. The number of amides is 1. The van der Waals surface area contributed by atoms with Crippen molar-refractivity contribution < 1.29 is 9.21 Å². The van der Waals surface area contributed by atoms with Crippen molar-refractivity contribution in [3.63, 3.8) is 0 Å². The second kappa shape index (κ2) is 8.10. The van der Waals surface area contributed by atoms with Crippen LogP contribution in [0, 0.1) is 0 Å². The van der Waals surface area contributed by atoms with Gasteiger partial charge in [0, 0.05) is 26.0 Å². The smallest absolute Gasteiger partial charge is 0.270 e. The number of pyridine rings is 2. The molecule has 6 nitrogen and oxygen atoms in total. The number of hydrogen-bond donors (Lipinski definition) is 1. The molecular formula is C19H20N4O2. The highest BCUT2D eigenvalue weighted by atomic mass is 16.3. The number of nitrogens with zero attached hydrogens (tertiary/aromatic N) is 3. The lowest BCUT2D eigenvalue weighted by molar-refractivity contribution is 0.0943. The van der Waals surface area contributed by atoms with E-state index in [-0.39, 0.29) is 5.91 Å². The third-order valence-electron chi connectivity index (χ3n) is 3.91. The second-order valence-electron chi connectivity index (χ2n) is 5.69. The van der Waals surface area contributed by atoms with Crippen molar-refractivity contribution in [1.29, 1.82) is 0 Å². The lowest BCUT2D eigenvalue weighted by Gasteiger charge is -2.19. The quantitative estimate of drug-likeness (QED) is 0.718. The van der Waals surface area contributed by atoms with Crippen LogP contribution in [0.2, 0.25) is 0 Å². The maximum Gasteiger partial charge on any atom is 0.270 e. The number of nitrogens with one attached hydrogen (secondary N) is 1. The third-order valence-corrected chi connectivity index (χ3v) is 3.91. The van der Waals surface area contributed by atoms with Gasteiger partial charge in [0.1, 0.15) is 11.5 Å². The molecule has 0 saturated heterocycles. The first kappa shape index (κ1) is 16.7. The van der Waals surface area contributed by atoms with Gasteiger partial charge in [0.2, 0.25) is 0 Å². The molecule has 128 valence electrons. The normalized spacial score (nSPS) is 10.4. The predicted molar refractivity (Wildman–Crippen MR) is 95.3 cm³/mol. The average molecular weight is 336 g/mol. The van der Waals surface area contributed by atoms with E-state index in [9.17, 15) is 4.79 Å². The number of carbonyl (C=O) groups is 1. The molecule has 3 heterocycles. The summed E-state index contributed by atoms with van der Waals surface area (Å²) in [5, 5.41) is 2.78. The van der Waals surface area contributed by atoms with Crippen LogP contribution in [-0.2, 0) is 13.0 Å². The van der Waals surface area contributed by atoms with Crippen LogP contribution in [0.5, 0.6) is 0 Å². The summed E-state index contributed by atoms with van der Waals surface area (Å²) in [6, 6.07) is 11.3. The Morgan fingerprint density at radius 3 is 2.72 bits per heavy atom. The van der Waals surface area contributed by atoms with Gasteiger partial charge in [0.05, 0.1) is 24.7 Å². The zero-order valence-electron chi connectivity index (χ0n) is 14.1. The van der Waals surface area contributed by atoms with E-state index in [0.29, 0.717) is 18.0 Å². The van der Waals surface area contributed by atoms with Crippen molar-refractivity contribution in [2.24, 2.45) is 0 Å². The molecule has 0 radical (unpaired) electrons. The first-order valence-electron chi connectivity index (χ1n) is 8.09. The molecule has 0 fully saturated rings. The van der Waals surface area contributed by atoms with Crippen LogP contribution in [0.4, 0.5) is 5.69 Å².